The maximum Gasteiger partial charge on any atom is 0.184 e. The minimum atomic E-state index is -3.37. The van der Waals surface area contributed by atoms with Gasteiger partial charge in [0.2, 0.25) is 0 Å². The fourth-order valence-corrected chi connectivity index (χ4v) is 4.31. The molecule has 0 saturated carbocycles. The van der Waals surface area contributed by atoms with E-state index in [1.807, 2.05) is 60.1 Å². The van der Waals surface area contributed by atoms with Crippen molar-refractivity contribution in [3.63, 3.8) is 0 Å². The SMILES string of the molecule is Cn1cc(S(=O)(=O)Cc2ccc(Br)cc2)c2ccccc21. The van der Waals surface area contributed by atoms with Crippen molar-refractivity contribution in [1.29, 1.82) is 0 Å². The summed E-state index contributed by atoms with van der Waals surface area (Å²) in [4.78, 5) is 0.392. The van der Waals surface area contributed by atoms with Crippen LogP contribution in [0.2, 0.25) is 0 Å². The van der Waals surface area contributed by atoms with Gasteiger partial charge >= 0.3 is 0 Å². The summed E-state index contributed by atoms with van der Waals surface area (Å²) >= 11 is 3.35. The maximum absolute atomic E-state index is 12.7. The quantitative estimate of drug-likeness (QED) is 0.707. The molecule has 0 aliphatic carbocycles. The van der Waals surface area contributed by atoms with E-state index in [-0.39, 0.29) is 5.75 Å². The molecule has 1 aromatic heterocycles. The van der Waals surface area contributed by atoms with Crippen LogP contribution in [0.5, 0.6) is 0 Å². The van der Waals surface area contributed by atoms with Gasteiger partial charge in [0.15, 0.2) is 9.84 Å². The molecule has 3 aromatic rings. The second kappa shape index (κ2) is 5.31. The summed E-state index contributed by atoms with van der Waals surface area (Å²) < 4.78 is 28.2. The van der Waals surface area contributed by atoms with Gasteiger partial charge in [-0.15, -0.1) is 0 Å². The van der Waals surface area contributed by atoms with Gasteiger partial charge in [-0.3, -0.25) is 0 Å². The number of hydrogen-bond acceptors (Lipinski definition) is 2. The van der Waals surface area contributed by atoms with Crippen molar-refractivity contribution >= 4 is 36.7 Å². The van der Waals surface area contributed by atoms with Crippen LogP contribution >= 0.6 is 15.9 Å². The van der Waals surface area contributed by atoms with Crippen LogP contribution in [0, 0.1) is 0 Å². The van der Waals surface area contributed by atoms with Crippen LogP contribution < -0.4 is 0 Å². The summed E-state index contributed by atoms with van der Waals surface area (Å²) in [5.41, 5.74) is 1.71. The normalized spacial score (nSPS) is 11.9. The molecule has 0 bridgehead atoms. The van der Waals surface area contributed by atoms with Gasteiger partial charge in [-0.1, -0.05) is 46.3 Å². The molecule has 2 aromatic carbocycles. The fraction of sp³-hybridized carbons (Fsp3) is 0.125. The molecule has 1 heterocycles. The van der Waals surface area contributed by atoms with Gasteiger partial charge in [0, 0.05) is 28.6 Å². The Bertz CT molecular complexity index is 896. The summed E-state index contributed by atoms with van der Waals surface area (Å²) in [6, 6.07) is 14.9. The van der Waals surface area contributed by atoms with E-state index in [2.05, 4.69) is 15.9 Å². The van der Waals surface area contributed by atoms with E-state index in [4.69, 9.17) is 0 Å². The van der Waals surface area contributed by atoms with Gasteiger partial charge in [0.1, 0.15) is 0 Å². The third kappa shape index (κ3) is 2.76. The van der Waals surface area contributed by atoms with Crippen LogP contribution in [0.3, 0.4) is 0 Å². The molecule has 0 fully saturated rings. The van der Waals surface area contributed by atoms with Crippen molar-refractivity contribution in [3.8, 4) is 0 Å². The molecule has 0 aliphatic heterocycles. The molecule has 3 nitrogen and oxygen atoms in total. The highest BCUT2D eigenvalue weighted by Crippen LogP contribution is 2.27. The standard InChI is InChI=1S/C16H14BrNO2S/c1-18-10-16(14-4-2-3-5-15(14)18)21(19,20)11-12-6-8-13(17)9-7-12/h2-10H,11H2,1H3. The van der Waals surface area contributed by atoms with E-state index in [0.29, 0.717) is 4.90 Å². The molecule has 0 N–H and O–H groups in total. The number of fused-ring (bicyclic) bond motifs is 1. The lowest BCUT2D eigenvalue weighted by Crippen LogP contribution is -2.04. The summed E-state index contributed by atoms with van der Waals surface area (Å²) in [6.45, 7) is 0. The lowest BCUT2D eigenvalue weighted by atomic mass is 10.2. The van der Waals surface area contributed by atoms with Gasteiger partial charge < -0.3 is 4.57 Å². The zero-order valence-corrected chi connectivity index (χ0v) is 13.9. The summed E-state index contributed by atoms with van der Waals surface area (Å²) in [5.74, 6) is 0.00822. The first-order valence-corrected chi connectivity index (χ1v) is 8.93. The predicted molar refractivity (Wildman–Crippen MR) is 88.0 cm³/mol. The predicted octanol–water partition coefficient (Wildman–Crippen LogP) is 3.91. The van der Waals surface area contributed by atoms with E-state index in [0.717, 1.165) is 20.9 Å². The highest BCUT2D eigenvalue weighted by atomic mass is 79.9. The monoisotopic (exact) mass is 363 g/mol. The highest BCUT2D eigenvalue weighted by Gasteiger charge is 2.20. The average Bonchev–Trinajstić information content (AvgIpc) is 2.80. The maximum atomic E-state index is 12.7. The van der Waals surface area contributed by atoms with Crippen LogP contribution in [0.25, 0.3) is 10.9 Å². The molecule has 21 heavy (non-hydrogen) atoms. The lowest BCUT2D eigenvalue weighted by Gasteiger charge is -2.04. The van der Waals surface area contributed by atoms with Gasteiger partial charge in [-0.05, 0) is 23.8 Å². The molecule has 0 radical (unpaired) electrons. The number of para-hydroxylation sites is 1. The largest absolute Gasteiger partial charge is 0.349 e. The Morgan fingerprint density at radius 2 is 1.71 bits per heavy atom. The molecular weight excluding hydrogens is 350 g/mol. The Morgan fingerprint density at radius 1 is 1.05 bits per heavy atom. The van der Waals surface area contributed by atoms with Gasteiger partial charge in [-0.25, -0.2) is 8.42 Å². The van der Waals surface area contributed by atoms with Crippen molar-refractivity contribution in [1.82, 2.24) is 4.57 Å². The number of sulfone groups is 1. The Kier molecular flexibility index (Phi) is 3.63. The molecule has 0 spiro atoms. The van der Waals surface area contributed by atoms with E-state index in [1.165, 1.54) is 0 Å². The number of aromatic nitrogens is 1. The van der Waals surface area contributed by atoms with Crippen molar-refractivity contribution in [2.75, 3.05) is 0 Å². The first-order valence-electron chi connectivity index (χ1n) is 6.49. The van der Waals surface area contributed by atoms with Gasteiger partial charge in [0.05, 0.1) is 10.6 Å². The Hall–Kier alpha value is -1.59. The van der Waals surface area contributed by atoms with Crippen LogP contribution in [-0.2, 0) is 22.6 Å². The van der Waals surface area contributed by atoms with Crippen LogP contribution in [0.1, 0.15) is 5.56 Å². The van der Waals surface area contributed by atoms with Crippen LogP contribution in [0.4, 0.5) is 0 Å². The molecular formula is C16H14BrNO2S. The summed E-state index contributed by atoms with van der Waals surface area (Å²) in [6.07, 6.45) is 1.69. The first-order chi connectivity index (χ1) is 9.97. The van der Waals surface area contributed by atoms with E-state index in [9.17, 15) is 8.42 Å². The number of nitrogens with zero attached hydrogens (tertiary/aromatic N) is 1. The van der Waals surface area contributed by atoms with E-state index in [1.54, 1.807) is 6.20 Å². The Morgan fingerprint density at radius 3 is 2.43 bits per heavy atom. The third-order valence-corrected chi connectivity index (χ3v) is 5.70. The number of rotatable bonds is 3. The smallest absolute Gasteiger partial charge is 0.184 e. The molecule has 3 rings (SSSR count). The second-order valence-electron chi connectivity index (χ2n) is 5.01. The van der Waals surface area contributed by atoms with Crippen LogP contribution in [0.15, 0.2) is 64.1 Å². The van der Waals surface area contributed by atoms with Crippen LogP contribution in [-0.4, -0.2) is 13.0 Å². The second-order valence-corrected chi connectivity index (χ2v) is 7.88. The fourth-order valence-electron chi connectivity index (χ4n) is 2.43. The van der Waals surface area contributed by atoms with Crippen molar-refractivity contribution in [2.45, 2.75) is 10.6 Å². The Labute approximate surface area is 132 Å². The van der Waals surface area contributed by atoms with Gasteiger partial charge in [0.25, 0.3) is 0 Å². The Balaban J connectivity index is 2.06. The molecule has 0 unspecified atom stereocenters. The molecule has 0 amide bonds. The summed E-state index contributed by atoms with van der Waals surface area (Å²) in [5, 5.41) is 0.775. The minimum Gasteiger partial charge on any atom is -0.349 e. The first kappa shape index (κ1) is 14.4. The summed E-state index contributed by atoms with van der Waals surface area (Å²) in [7, 11) is -1.51. The van der Waals surface area contributed by atoms with Crippen molar-refractivity contribution in [2.24, 2.45) is 7.05 Å². The molecule has 5 heteroatoms. The zero-order valence-electron chi connectivity index (χ0n) is 11.5. The van der Waals surface area contributed by atoms with E-state index < -0.39 is 9.84 Å². The molecule has 0 atom stereocenters. The number of halogens is 1. The lowest BCUT2D eigenvalue weighted by molar-refractivity contribution is 0.596. The number of aryl methyl sites for hydroxylation is 1. The topological polar surface area (TPSA) is 39.1 Å². The zero-order chi connectivity index (χ0) is 15.0. The molecule has 108 valence electrons. The molecule has 0 aliphatic rings. The molecule has 0 saturated heterocycles. The highest BCUT2D eigenvalue weighted by molar-refractivity contribution is 9.10. The number of hydrogen-bond donors (Lipinski definition) is 0. The minimum absolute atomic E-state index is 0.00822. The van der Waals surface area contributed by atoms with E-state index >= 15 is 0 Å². The van der Waals surface area contributed by atoms with Crippen molar-refractivity contribution in [3.05, 3.63) is 64.8 Å². The third-order valence-electron chi connectivity index (χ3n) is 3.47. The van der Waals surface area contributed by atoms with Crippen molar-refractivity contribution < 1.29 is 8.42 Å². The number of benzene rings is 2. The van der Waals surface area contributed by atoms with Gasteiger partial charge in [-0.2, -0.15) is 0 Å². The average molecular weight is 364 g/mol.